The van der Waals surface area contributed by atoms with Gasteiger partial charge in [-0.25, -0.2) is 0 Å². The minimum atomic E-state index is 0.263. The Morgan fingerprint density at radius 3 is 2.53 bits per heavy atom. The summed E-state index contributed by atoms with van der Waals surface area (Å²) >= 11 is 9.60. The lowest BCUT2D eigenvalue weighted by molar-refractivity contribution is 0.174. The molecule has 1 heterocycles. The Bertz CT molecular complexity index is 1030. The highest BCUT2D eigenvalue weighted by Gasteiger charge is 2.14. The Morgan fingerprint density at radius 2 is 1.73 bits per heavy atom. The van der Waals surface area contributed by atoms with Crippen LogP contribution in [0.2, 0.25) is 5.02 Å². The van der Waals surface area contributed by atoms with E-state index in [0.29, 0.717) is 36.3 Å². The zero-order valence-electron chi connectivity index (χ0n) is 16.4. The van der Waals surface area contributed by atoms with Crippen molar-refractivity contribution < 1.29 is 18.9 Å². The summed E-state index contributed by atoms with van der Waals surface area (Å²) in [5.74, 6) is 2.91. The third kappa shape index (κ3) is 4.94. The van der Waals surface area contributed by atoms with Crippen molar-refractivity contribution in [1.29, 1.82) is 0 Å². The maximum atomic E-state index is 6.02. The molecule has 0 saturated heterocycles. The summed E-state index contributed by atoms with van der Waals surface area (Å²) in [4.78, 5) is 0. The summed E-state index contributed by atoms with van der Waals surface area (Å²) in [7, 11) is 0. The normalized spacial score (nSPS) is 12.0. The molecule has 3 aromatic carbocycles. The van der Waals surface area contributed by atoms with Gasteiger partial charge in [-0.05, 0) is 54.4 Å². The van der Waals surface area contributed by atoms with E-state index in [0.717, 1.165) is 32.8 Å². The zero-order chi connectivity index (χ0) is 20.9. The van der Waals surface area contributed by atoms with Gasteiger partial charge in [-0.2, -0.15) is 0 Å². The molecule has 0 atom stereocenters. The van der Waals surface area contributed by atoms with Crippen molar-refractivity contribution in [1.82, 2.24) is 0 Å². The predicted molar refractivity (Wildman–Crippen MR) is 121 cm³/mol. The van der Waals surface area contributed by atoms with Gasteiger partial charge in [0.05, 0.1) is 6.61 Å². The van der Waals surface area contributed by atoms with Crippen LogP contribution in [0, 0.1) is 0 Å². The third-order valence-corrected chi connectivity index (χ3v) is 5.57. The summed E-state index contributed by atoms with van der Waals surface area (Å²) in [6, 6.07) is 17.3. The van der Waals surface area contributed by atoms with E-state index < -0.39 is 0 Å². The number of halogens is 2. The van der Waals surface area contributed by atoms with Crippen LogP contribution in [-0.4, -0.2) is 13.4 Å². The lowest BCUT2D eigenvalue weighted by Gasteiger charge is -2.16. The lowest BCUT2D eigenvalue weighted by Crippen LogP contribution is -2.04. The van der Waals surface area contributed by atoms with Crippen molar-refractivity contribution in [3.8, 4) is 23.0 Å². The maximum Gasteiger partial charge on any atom is 0.231 e. The van der Waals surface area contributed by atoms with Crippen LogP contribution in [0.3, 0.4) is 0 Å². The van der Waals surface area contributed by atoms with Crippen LogP contribution < -0.4 is 24.3 Å². The summed E-state index contributed by atoms with van der Waals surface area (Å²) in [6.07, 6.45) is 0. The second-order valence-electron chi connectivity index (χ2n) is 6.66. The molecule has 0 spiro atoms. The Kier molecular flexibility index (Phi) is 6.55. The molecule has 0 fully saturated rings. The van der Waals surface area contributed by atoms with E-state index in [1.807, 2.05) is 61.5 Å². The molecule has 1 aliphatic heterocycles. The minimum absolute atomic E-state index is 0.263. The van der Waals surface area contributed by atoms with Crippen LogP contribution in [0.1, 0.15) is 18.1 Å². The van der Waals surface area contributed by atoms with E-state index in [9.17, 15) is 0 Å². The Labute approximate surface area is 189 Å². The zero-order valence-corrected chi connectivity index (χ0v) is 18.8. The van der Waals surface area contributed by atoms with Crippen LogP contribution >= 0.6 is 27.5 Å². The number of hydrogen-bond donors (Lipinski definition) is 1. The van der Waals surface area contributed by atoms with Gasteiger partial charge in [-0.1, -0.05) is 39.7 Å². The van der Waals surface area contributed by atoms with Crippen molar-refractivity contribution in [2.75, 3.05) is 18.7 Å². The molecule has 1 aliphatic rings. The number of nitrogens with one attached hydrogen (secondary N) is 1. The maximum absolute atomic E-state index is 6.02. The average molecular weight is 491 g/mol. The molecule has 3 aromatic rings. The van der Waals surface area contributed by atoms with Gasteiger partial charge in [0.25, 0.3) is 0 Å². The fourth-order valence-electron chi connectivity index (χ4n) is 3.04. The van der Waals surface area contributed by atoms with Gasteiger partial charge in [-0.3, -0.25) is 0 Å². The first kappa shape index (κ1) is 20.7. The molecule has 0 aromatic heterocycles. The van der Waals surface area contributed by atoms with Gasteiger partial charge in [0.1, 0.15) is 6.61 Å². The van der Waals surface area contributed by atoms with Crippen molar-refractivity contribution >= 4 is 33.2 Å². The molecule has 0 saturated carbocycles. The number of ether oxygens (including phenoxy) is 4. The smallest absolute Gasteiger partial charge is 0.231 e. The number of anilines is 1. The molecule has 0 aliphatic carbocycles. The standard InChI is InChI=1S/C23H21BrClNO4/c1-2-27-21-9-16(12-26-18-7-8-20-22(10-18)30-14-29-20)19(24)11-23(21)28-13-15-3-5-17(25)6-4-15/h3-11,26H,2,12-14H2,1H3. The number of rotatable bonds is 8. The van der Waals surface area contributed by atoms with Crippen LogP contribution in [-0.2, 0) is 13.2 Å². The van der Waals surface area contributed by atoms with Gasteiger partial charge in [-0.15, -0.1) is 0 Å². The number of hydrogen-bond acceptors (Lipinski definition) is 5. The largest absolute Gasteiger partial charge is 0.490 e. The van der Waals surface area contributed by atoms with Gasteiger partial charge in [0, 0.05) is 27.8 Å². The van der Waals surface area contributed by atoms with Gasteiger partial charge in [0.2, 0.25) is 6.79 Å². The minimum Gasteiger partial charge on any atom is -0.490 e. The van der Waals surface area contributed by atoms with E-state index in [-0.39, 0.29) is 6.79 Å². The van der Waals surface area contributed by atoms with Crippen LogP contribution in [0.4, 0.5) is 5.69 Å². The first-order valence-corrected chi connectivity index (χ1v) is 10.8. The van der Waals surface area contributed by atoms with Crippen molar-refractivity contribution in [2.45, 2.75) is 20.1 Å². The van der Waals surface area contributed by atoms with E-state index in [1.165, 1.54) is 0 Å². The molecule has 0 bridgehead atoms. The van der Waals surface area contributed by atoms with E-state index in [4.69, 9.17) is 30.5 Å². The van der Waals surface area contributed by atoms with Crippen LogP contribution in [0.5, 0.6) is 23.0 Å². The lowest BCUT2D eigenvalue weighted by atomic mass is 10.2. The SMILES string of the molecule is CCOc1cc(CNc2ccc3c(c2)OCO3)c(Br)cc1OCc1ccc(Cl)cc1. The van der Waals surface area contributed by atoms with Gasteiger partial charge in [0.15, 0.2) is 23.0 Å². The molecule has 0 unspecified atom stereocenters. The third-order valence-electron chi connectivity index (χ3n) is 4.58. The Morgan fingerprint density at radius 1 is 0.967 bits per heavy atom. The quantitative estimate of drug-likeness (QED) is 0.395. The molecule has 4 rings (SSSR count). The molecular formula is C23H21BrClNO4. The van der Waals surface area contributed by atoms with E-state index >= 15 is 0 Å². The van der Waals surface area contributed by atoms with Crippen LogP contribution in [0.25, 0.3) is 0 Å². The Balaban J connectivity index is 1.47. The topological polar surface area (TPSA) is 49.0 Å². The van der Waals surface area contributed by atoms with E-state index in [2.05, 4.69) is 21.2 Å². The van der Waals surface area contributed by atoms with Gasteiger partial charge < -0.3 is 24.3 Å². The van der Waals surface area contributed by atoms with Gasteiger partial charge >= 0.3 is 0 Å². The average Bonchev–Trinajstić information content (AvgIpc) is 3.22. The molecule has 1 N–H and O–H groups in total. The molecule has 156 valence electrons. The highest BCUT2D eigenvalue weighted by atomic mass is 79.9. The molecule has 7 heteroatoms. The molecule has 5 nitrogen and oxygen atoms in total. The number of benzene rings is 3. The molecule has 0 amide bonds. The second kappa shape index (κ2) is 9.49. The fourth-order valence-corrected chi connectivity index (χ4v) is 3.63. The Hall–Kier alpha value is -2.57. The number of fused-ring (bicyclic) bond motifs is 1. The predicted octanol–water partition coefficient (Wildman–Crippen LogP) is 6.42. The summed E-state index contributed by atoms with van der Waals surface area (Å²) in [5.41, 5.74) is 3.04. The molecular weight excluding hydrogens is 470 g/mol. The van der Waals surface area contributed by atoms with Crippen molar-refractivity contribution in [3.05, 3.63) is 75.2 Å². The second-order valence-corrected chi connectivity index (χ2v) is 7.95. The van der Waals surface area contributed by atoms with Crippen molar-refractivity contribution in [2.24, 2.45) is 0 Å². The molecule has 30 heavy (non-hydrogen) atoms. The summed E-state index contributed by atoms with van der Waals surface area (Å²) < 4.78 is 23.6. The van der Waals surface area contributed by atoms with E-state index in [1.54, 1.807) is 0 Å². The monoisotopic (exact) mass is 489 g/mol. The first-order valence-electron chi connectivity index (χ1n) is 9.58. The van der Waals surface area contributed by atoms with Crippen LogP contribution in [0.15, 0.2) is 59.1 Å². The highest BCUT2D eigenvalue weighted by Crippen LogP contribution is 2.36. The first-order chi connectivity index (χ1) is 14.6. The summed E-state index contributed by atoms with van der Waals surface area (Å²) in [6.45, 7) is 3.80. The van der Waals surface area contributed by atoms with Crippen molar-refractivity contribution in [3.63, 3.8) is 0 Å². The highest BCUT2D eigenvalue weighted by molar-refractivity contribution is 9.10. The summed E-state index contributed by atoms with van der Waals surface area (Å²) in [5, 5.41) is 4.11. The fraction of sp³-hybridized carbons (Fsp3) is 0.217. The molecule has 0 radical (unpaired) electrons.